The zero-order valence-corrected chi connectivity index (χ0v) is 7.46. The van der Waals surface area contributed by atoms with E-state index in [1.54, 1.807) is 0 Å². The Bertz CT molecular complexity index is 206. The molecule has 1 rings (SSSR count). The van der Waals surface area contributed by atoms with Crippen LogP contribution in [0.4, 0.5) is 0 Å². The van der Waals surface area contributed by atoms with Crippen molar-refractivity contribution in [2.24, 2.45) is 0 Å². The van der Waals surface area contributed by atoms with E-state index in [1.165, 1.54) is 0 Å². The minimum atomic E-state index is 0. The second-order valence-corrected chi connectivity index (χ2v) is 3.33. The van der Waals surface area contributed by atoms with Crippen LogP contribution in [0.2, 0.25) is 0 Å². The Morgan fingerprint density at radius 2 is 1.67 bits per heavy atom. The number of aromatic nitrogens is 2. The van der Waals surface area contributed by atoms with E-state index in [9.17, 15) is 0 Å². The van der Waals surface area contributed by atoms with Gasteiger partial charge >= 0.3 is 0 Å². The first-order valence-electron chi connectivity index (χ1n) is 3.95. The van der Waals surface area contributed by atoms with Gasteiger partial charge in [-0.15, -0.1) is 5.10 Å². The Labute approximate surface area is 74.1 Å². The molecule has 3 heteroatoms. The number of hydrogen-bond acceptors (Lipinski definition) is 3. The highest BCUT2D eigenvalue weighted by Crippen LogP contribution is 2.22. The van der Waals surface area contributed by atoms with Gasteiger partial charge in [-0.05, 0) is 0 Å². The topological polar surface area (TPSA) is 38.9 Å². The first kappa shape index (κ1) is 11.1. The van der Waals surface area contributed by atoms with Gasteiger partial charge in [0, 0.05) is 17.1 Å². The van der Waals surface area contributed by atoms with E-state index in [-0.39, 0.29) is 7.43 Å². The van der Waals surface area contributed by atoms with Crippen LogP contribution in [0, 0.1) is 0 Å². The zero-order valence-electron chi connectivity index (χ0n) is 7.46. The second kappa shape index (κ2) is 4.24. The lowest BCUT2D eigenvalue weighted by molar-refractivity contribution is 0.351. The van der Waals surface area contributed by atoms with Crippen LogP contribution in [0.15, 0.2) is 4.52 Å². The second-order valence-electron chi connectivity index (χ2n) is 3.33. The molecule has 1 aromatic heterocycles. The molecular formula is C9H18N2O. The zero-order chi connectivity index (χ0) is 8.43. The normalized spacial score (nSPS) is 10.5. The van der Waals surface area contributed by atoms with Gasteiger partial charge in [-0.25, -0.2) is 0 Å². The van der Waals surface area contributed by atoms with Gasteiger partial charge in [0.15, 0.2) is 5.76 Å². The molecule has 0 saturated carbocycles. The van der Waals surface area contributed by atoms with Crippen LogP contribution < -0.4 is 0 Å². The summed E-state index contributed by atoms with van der Waals surface area (Å²) in [5, 5.41) is 7.46. The van der Waals surface area contributed by atoms with Gasteiger partial charge in [-0.1, -0.05) is 35.1 Å². The molecule has 0 radical (unpaired) electrons. The molecule has 0 aliphatic heterocycles. The molecule has 0 aliphatic carbocycles. The Morgan fingerprint density at radius 1 is 1.08 bits per heavy atom. The van der Waals surface area contributed by atoms with E-state index in [2.05, 4.69) is 38.1 Å². The molecule has 0 fully saturated rings. The summed E-state index contributed by atoms with van der Waals surface area (Å²) in [6.45, 7) is 8.33. The third-order valence-electron chi connectivity index (χ3n) is 1.61. The molecule has 1 heterocycles. The molecule has 1 aromatic rings. The summed E-state index contributed by atoms with van der Waals surface area (Å²) in [5.74, 6) is 1.70. The number of hydrogen-bond donors (Lipinski definition) is 0. The molecule has 70 valence electrons. The van der Waals surface area contributed by atoms with E-state index >= 15 is 0 Å². The molecule has 0 N–H and O–H groups in total. The highest BCUT2D eigenvalue weighted by atomic mass is 16.5. The van der Waals surface area contributed by atoms with Crippen molar-refractivity contribution in [3.8, 4) is 0 Å². The van der Waals surface area contributed by atoms with Crippen molar-refractivity contribution < 1.29 is 4.52 Å². The van der Waals surface area contributed by atoms with Gasteiger partial charge in [-0.2, -0.15) is 0 Å². The van der Waals surface area contributed by atoms with Crippen LogP contribution in [0.5, 0.6) is 0 Å². The Balaban J connectivity index is 0.00000121. The SMILES string of the molecule is C.CC(C)c1nnoc1C(C)C. The first-order chi connectivity index (χ1) is 5.13. The molecule has 0 spiro atoms. The van der Waals surface area contributed by atoms with Crippen molar-refractivity contribution in [2.45, 2.75) is 47.0 Å². The molecule has 0 bridgehead atoms. The minimum absolute atomic E-state index is 0. The fourth-order valence-corrected chi connectivity index (χ4v) is 1.01. The summed E-state index contributed by atoms with van der Waals surface area (Å²) < 4.78 is 5.03. The maximum Gasteiger partial charge on any atom is 0.163 e. The van der Waals surface area contributed by atoms with Gasteiger partial charge in [0.05, 0.1) is 0 Å². The van der Waals surface area contributed by atoms with Crippen LogP contribution in [-0.4, -0.2) is 10.4 Å². The van der Waals surface area contributed by atoms with Crippen LogP contribution >= 0.6 is 0 Å². The Hall–Kier alpha value is -0.860. The monoisotopic (exact) mass is 170 g/mol. The van der Waals surface area contributed by atoms with Crippen LogP contribution in [-0.2, 0) is 0 Å². The van der Waals surface area contributed by atoms with Crippen LogP contribution in [0.25, 0.3) is 0 Å². The summed E-state index contributed by atoms with van der Waals surface area (Å²) in [7, 11) is 0. The van der Waals surface area contributed by atoms with Crippen molar-refractivity contribution in [1.29, 1.82) is 0 Å². The van der Waals surface area contributed by atoms with E-state index in [0.717, 1.165) is 11.5 Å². The minimum Gasteiger partial charge on any atom is -0.342 e. The highest BCUT2D eigenvalue weighted by molar-refractivity contribution is 5.12. The molecular weight excluding hydrogens is 152 g/mol. The predicted octanol–water partition coefficient (Wildman–Crippen LogP) is 2.95. The fourth-order valence-electron chi connectivity index (χ4n) is 1.01. The molecule has 3 nitrogen and oxygen atoms in total. The van der Waals surface area contributed by atoms with Gasteiger partial charge in [-0.3, -0.25) is 0 Å². The quantitative estimate of drug-likeness (QED) is 0.685. The average molecular weight is 170 g/mol. The van der Waals surface area contributed by atoms with Gasteiger partial charge < -0.3 is 4.52 Å². The fraction of sp³-hybridized carbons (Fsp3) is 0.778. The molecule has 0 aliphatic rings. The Morgan fingerprint density at radius 3 is 2.00 bits per heavy atom. The van der Waals surface area contributed by atoms with Crippen molar-refractivity contribution >= 4 is 0 Å². The maximum atomic E-state index is 5.03. The third-order valence-corrected chi connectivity index (χ3v) is 1.61. The summed E-state index contributed by atoms with van der Waals surface area (Å²) in [6, 6.07) is 0. The van der Waals surface area contributed by atoms with Crippen LogP contribution in [0.1, 0.15) is 58.4 Å². The van der Waals surface area contributed by atoms with Crippen LogP contribution in [0.3, 0.4) is 0 Å². The average Bonchev–Trinajstić information content (AvgIpc) is 2.32. The summed E-state index contributed by atoms with van der Waals surface area (Å²) in [4.78, 5) is 0. The standard InChI is InChI=1S/C8H14N2O.CH4/c1-5(2)7-8(6(3)4)11-10-9-7;/h5-6H,1-4H3;1H4. The third kappa shape index (κ3) is 2.06. The van der Waals surface area contributed by atoms with Gasteiger partial charge in [0.2, 0.25) is 0 Å². The largest absolute Gasteiger partial charge is 0.342 e. The van der Waals surface area contributed by atoms with E-state index in [0.29, 0.717) is 11.8 Å². The maximum absolute atomic E-state index is 5.03. The molecule has 0 saturated heterocycles. The molecule has 0 atom stereocenters. The van der Waals surface area contributed by atoms with Crippen molar-refractivity contribution in [3.63, 3.8) is 0 Å². The van der Waals surface area contributed by atoms with Crippen molar-refractivity contribution in [2.75, 3.05) is 0 Å². The van der Waals surface area contributed by atoms with E-state index < -0.39 is 0 Å². The summed E-state index contributed by atoms with van der Waals surface area (Å²) in [5.41, 5.74) is 0.986. The first-order valence-corrected chi connectivity index (χ1v) is 3.95. The lowest BCUT2D eigenvalue weighted by Gasteiger charge is -2.03. The summed E-state index contributed by atoms with van der Waals surface area (Å²) in [6.07, 6.45) is 0. The van der Waals surface area contributed by atoms with E-state index in [4.69, 9.17) is 4.52 Å². The predicted molar refractivity (Wildman–Crippen MR) is 49.2 cm³/mol. The molecule has 0 aromatic carbocycles. The molecule has 12 heavy (non-hydrogen) atoms. The Kier molecular flexibility index (Phi) is 3.93. The van der Waals surface area contributed by atoms with Crippen molar-refractivity contribution in [3.05, 3.63) is 11.5 Å². The molecule has 0 unspecified atom stereocenters. The van der Waals surface area contributed by atoms with Crippen molar-refractivity contribution in [1.82, 2.24) is 10.4 Å². The lowest BCUT2D eigenvalue weighted by atomic mass is 10.0. The molecule has 0 amide bonds. The van der Waals surface area contributed by atoms with Gasteiger partial charge in [0.1, 0.15) is 5.69 Å². The highest BCUT2D eigenvalue weighted by Gasteiger charge is 2.15. The van der Waals surface area contributed by atoms with Gasteiger partial charge in [0.25, 0.3) is 0 Å². The summed E-state index contributed by atoms with van der Waals surface area (Å²) >= 11 is 0. The smallest absolute Gasteiger partial charge is 0.163 e. The lowest BCUT2D eigenvalue weighted by Crippen LogP contribution is -1.95. The van der Waals surface area contributed by atoms with E-state index in [1.807, 2.05) is 0 Å². The number of rotatable bonds is 2. The number of nitrogens with zero attached hydrogens (tertiary/aromatic N) is 2.